The van der Waals surface area contributed by atoms with E-state index in [1.165, 1.54) is 19.3 Å². The maximum Gasteiger partial charge on any atom is 1.00 e. The summed E-state index contributed by atoms with van der Waals surface area (Å²) in [5.74, 6) is 0. The predicted octanol–water partition coefficient (Wildman–Crippen LogP) is -1.30. The molecule has 1 aliphatic rings. The van der Waals surface area contributed by atoms with E-state index in [1.807, 2.05) is 0 Å². The van der Waals surface area contributed by atoms with Gasteiger partial charge in [0.2, 0.25) is 0 Å². The molecule has 1 rings (SSSR count). The summed E-state index contributed by atoms with van der Waals surface area (Å²) in [5, 5.41) is 0. The van der Waals surface area contributed by atoms with E-state index in [0.29, 0.717) is 5.73 Å². The molecule has 0 aromatic rings. The minimum Gasteiger partial charge on any atom is -1.00 e. The standard InChI is InChI=1S/C7H16OSi.Li.H/c1-9(2)7-5-3-4-6-8-7;;/h7,9H,3-6H2,1-2H3;;/q;+1;-1. The van der Waals surface area contributed by atoms with Crippen LogP contribution in [0, 0.1) is 0 Å². The van der Waals surface area contributed by atoms with Crippen molar-refractivity contribution >= 4 is 8.80 Å². The predicted molar refractivity (Wildman–Crippen MR) is 43.6 cm³/mol. The molecule has 1 heterocycles. The fourth-order valence-electron chi connectivity index (χ4n) is 1.29. The van der Waals surface area contributed by atoms with E-state index < -0.39 is 8.80 Å². The molecule has 0 spiro atoms. The molecule has 0 N–H and O–H groups in total. The Labute approximate surface area is 78.8 Å². The summed E-state index contributed by atoms with van der Waals surface area (Å²) in [4.78, 5) is 0. The van der Waals surface area contributed by atoms with Crippen molar-refractivity contribution in [2.75, 3.05) is 6.61 Å². The van der Waals surface area contributed by atoms with Gasteiger partial charge < -0.3 is 6.16 Å². The van der Waals surface area contributed by atoms with Crippen LogP contribution in [-0.2, 0) is 4.74 Å². The minimum atomic E-state index is -0.474. The van der Waals surface area contributed by atoms with E-state index in [0.717, 1.165) is 6.61 Å². The van der Waals surface area contributed by atoms with Crippen LogP contribution in [0.15, 0.2) is 0 Å². The minimum absolute atomic E-state index is 0. The molecule has 1 nitrogen and oxygen atoms in total. The van der Waals surface area contributed by atoms with Gasteiger partial charge in [-0.3, -0.25) is 0 Å². The molecule has 0 aromatic heterocycles. The first kappa shape index (κ1) is 10.8. The summed E-state index contributed by atoms with van der Waals surface area (Å²) in [5.41, 5.74) is 0.693. The van der Waals surface area contributed by atoms with Crippen LogP contribution in [0.5, 0.6) is 0 Å². The van der Waals surface area contributed by atoms with Crippen molar-refractivity contribution in [2.24, 2.45) is 0 Å². The van der Waals surface area contributed by atoms with E-state index in [2.05, 4.69) is 13.1 Å². The van der Waals surface area contributed by atoms with Crippen molar-refractivity contribution in [2.45, 2.75) is 38.1 Å². The van der Waals surface area contributed by atoms with Crippen LogP contribution in [0.4, 0.5) is 0 Å². The van der Waals surface area contributed by atoms with Gasteiger partial charge in [-0.2, -0.15) is 0 Å². The monoisotopic (exact) mass is 152 g/mol. The Morgan fingerprint density at radius 3 is 2.40 bits per heavy atom. The zero-order valence-corrected chi connectivity index (χ0v) is 8.55. The number of rotatable bonds is 1. The third-order valence-electron chi connectivity index (χ3n) is 1.96. The van der Waals surface area contributed by atoms with Gasteiger partial charge in [0.05, 0.1) is 8.80 Å². The first-order valence-electron chi connectivity index (χ1n) is 3.92. The number of ether oxygens (including phenoxy) is 1. The third-order valence-corrected chi connectivity index (χ3v) is 3.97. The molecule has 1 unspecified atom stereocenters. The molecule has 0 aliphatic carbocycles. The maximum atomic E-state index is 5.60. The summed E-state index contributed by atoms with van der Waals surface area (Å²) in [6.07, 6.45) is 4.03. The second kappa shape index (κ2) is 5.43. The van der Waals surface area contributed by atoms with Crippen LogP contribution in [0.25, 0.3) is 0 Å². The molecule has 1 atom stereocenters. The van der Waals surface area contributed by atoms with Gasteiger partial charge >= 0.3 is 18.9 Å². The summed E-state index contributed by atoms with van der Waals surface area (Å²) in [6.45, 7) is 5.77. The van der Waals surface area contributed by atoms with Gasteiger partial charge in [-0.15, -0.1) is 0 Å². The van der Waals surface area contributed by atoms with E-state index >= 15 is 0 Å². The van der Waals surface area contributed by atoms with Crippen molar-refractivity contribution in [1.29, 1.82) is 0 Å². The van der Waals surface area contributed by atoms with E-state index in [4.69, 9.17) is 4.74 Å². The number of hydrogen-bond acceptors (Lipinski definition) is 1. The van der Waals surface area contributed by atoms with Crippen molar-refractivity contribution in [3.8, 4) is 0 Å². The average Bonchev–Trinajstić information content (AvgIpc) is 1.90. The summed E-state index contributed by atoms with van der Waals surface area (Å²) < 4.78 is 5.60. The zero-order chi connectivity index (χ0) is 6.69. The molecule has 1 saturated heterocycles. The van der Waals surface area contributed by atoms with Crippen molar-refractivity contribution in [1.82, 2.24) is 0 Å². The Balaban J connectivity index is 0. The normalized spacial score (nSPS) is 26.1. The Morgan fingerprint density at radius 2 is 2.10 bits per heavy atom. The van der Waals surface area contributed by atoms with Crippen molar-refractivity contribution in [3.63, 3.8) is 0 Å². The second-order valence-corrected chi connectivity index (χ2v) is 6.38. The van der Waals surface area contributed by atoms with Gasteiger partial charge in [0, 0.05) is 12.3 Å². The van der Waals surface area contributed by atoms with Gasteiger partial charge in [-0.05, 0) is 19.3 Å². The fraction of sp³-hybridized carbons (Fsp3) is 1.00. The summed E-state index contributed by atoms with van der Waals surface area (Å²) in [7, 11) is -0.474. The molecule has 0 radical (unpaired) electrons. The van der Waals surface area contributed by atoms with Crippen molar-refractivity contribution < 1.29 is 25.0 Å². The van der Waals surface area contributed by atoms with Crippen LogP contribution >= 0.6 is 0 Å². The van der Waals surface area contributed by atoms with Crippen LogP contribution < -0.4 is 18.9 Å². The van der Waals surface area contributed by atoms with Gasteiger partial charge in [0.1, 0.15) is 0 Å². The SMILES string of the molecule is C[SiH](C)C1CCCCO1.[H-].[Li+]. The number of hydrogen-bond donors (Lipinski definition) is 0. The smallest absolute Gasteiger partial charge is 1.00 e. The molecule has 0 amide bonds. The molecular formula is C7H17LiOSi. The molecule has 10 heavy (non-hydrogen) atoms. The molecule has 0 bridgehead atoms. The summed E-state index contributed by atoms with van der Waals surface area (Å²) >= 11 is 0. The molecular weight excluding hydrogens is 135 g/mol. The quantitative estimate of drug-likeness (QED) is 0.424. The molecule has 1 aliphatic heterocycles. The van der Waals surface area contributed by atoms with Crippen LogP contribution in [-0.4, -0.2) is 21.1 Å². The van der Waals surface area contributed by atoms with E-state index in [9.17, 15) is 0 Å². The summed E-state index contributed by atoms with van der Waals surface area (Å²) in [6, 6.07) is 0. The largest absolute Gasteiger partial charge is 1.00 e. The third kappa shape index (κ3) is 3.25. The molecule has 3 heteroatoms. The molecule has 1 fully saturated rings. The van der Waals surface area contributed by atoms with Gasteiger partial charge in [-0.25, -0.2) is 0 Å². The second-order valence-electron chi connectivity index (χ2n) is 3.15. The Bertz CT molecular complexity index is 86.5. The Hall–Kier alpha value is 0.774. The first-order valence-corrected chi connectivity index (χ1v) is 6.90. The molecule has 0 saturated carbocycles. The topological polar surface area (TPSA) is 9.23 Å². The van der Waals surface area contributed by atoms with E-state index in [1.54, 1.807) is 0 Å². The van der Waals surface area contributed by atoms with Gasteiger partial charge in [-0.1, -0.05) is 13.1 Å². The maximum absolute atomic E-state index is 5.60. The Kier molecular flexibility index (Phi) is 5.85. The van der Waals surface area contributed by atoms with E-state index in [-0.39, 0.29) is 20.3 Å². The zero-order valence-electron chi connectivity index (χ0n) is 8.39. The fourth-order valence-corrected chi connectivity index (χ4v) is 2.71. The molecule has 56 valence electrons. The van der Waals surface area contributed by atoms with Gasteiger partial charge in [0.15, 0.2) is 0 Å². The Morgan fingerprint density at radius 1 is 1.40 bits per heavy atom. The van der Waals surface area contributed by atoms with Crippen LogP contribution in [0.3, 0.4) is 0 Å². The first-order chi connectivity index (χ1) is 4.30. The van der Waals surface area contributed by atoms with Crippen LogP contribution in [0.1, 0.15) is 20.7 Å². The molecule has 0 aromatic carbocycles. The average molecular weight is 152 g/mol. The van der Waals surface area contributed by atoms with Crippen molar-refractivity contribution in [3.05, 3.63) is 0 Å². The van der Waals surface area contributed by atoms with Gasteiger partial charge in [0.25, 0.3) is 0 Å². The van der Waals surface area contributed by atoms with Crippen LogP contribution in [0.2, 0.25) is 13.1 Å².